The van der Waals surface area contributed by atoms with Gasteiger partial charge in [-0.25, -0.2) is 0 Å². The fourth-order valence-electron chi connectivity index (χ4n) is 1.98. The molecule has 2 rings (SSSR count). The van der Waals surface area contributed by atoms with Crippen molar-refractivity contribution in [3.63, 3.8) is 0 Å². The van der Waals surface area contributed by atoms with Crippen molar-refractivity contribution in [2.75, 3.05) is 6.54 Å². The summed E-state index contributed by atoms with van der Waals surface area (Å²) in [4.78, 5) is 15.4. The quantitative estimate of drug-likeness (QED) is 0.940. The van der Waals surface area contributed by atoms with Crippen molar-refractivity contribution in [2.24, 2.45) is 0 Å². The Morgan fingerprint density at radius 2 is 2.21 bits per heavy atom. The van der Waals surface area contributed by atoms with Crippen LogP contribution in [0.25, 0.3) is 0 Å². The molecule has 6 heteroatoms. The lowest BCUT2D eigenvalue weighted by molar-refractivity contribution is 0.0753. The smallest absolute Gasteiger partial charge is 0.257 e. The van der Waals surface area contributed by atoms with Gasteiger partial charge < -0.3 is 4.90 Å². The summed E-state index contributed by atoms with van der Waals surface area (Å²) in [6.45, 7) is 6.91. The van der Waals surface area contributed by atoms with E-state index in [1.165, 1.54) is 11.3 Å². The van der Waals surface area contributed by atoms with Gasteiger partial charge in [0.2, 0.25) is 0 Å². The third-order valence-electron chi connectivity index (χ3n) is 2.99. The van der Waals surface area contributed by atoms with Crippen LogP contribution in [0.4, 0.5) is 0 Å². The van der Waals surface area contributed by atoms with Gasteiger partial charge in [-0.3, -0.25) is 9.89 Å². The van der Waals surface area contributed by atoms with E-state index in [0.29, 0.717) is 18.7 Å². The summed E-state index contributed by atoms with van der Waals surface area (Å²) in [7, 11) is 0. The second kappa shape index (κ2) is 5.75. The highest BCUT2D eigenvalue weighted by atomic mass is 35.5. The van der Waals surface area contributed by atoms with Crippen LogP contribution in [0, 0.1) is 13.8 Å². The van der Waals surface area contributed by atoms with Crippen molar-refractivity contribution in [3.05, 3.63) is 38.3 Å². The van der Waals surface area contributed by atoms with E-state index in [9.17, 15) is 4.79 Å². The Labute approximate surface area is 121 Å². The van der Waals surface area contributed by atoms with Crippen LogP contribution in [0.15, 0.2) is 12.1 Å². The maximum atomic E-state index is 12.5. The van der Waals surface area contributed by atoms with Crippen LogP contribution in [0.3, 0.4) is 0 Å². The fourth-order valence-corrected chi connectivity index (χ4v) is 3.08. The Bertz CT molecular complexity index is 571. The first-order chi connectivity index (χ1) is 9.02. The molecule has 0 fully saturated rings. The van der Waals surface area contributed by atoms with E-state index < -0.39 is 0 Å². The highest BCUT2D eigenvalue weighted by Gasteiger charge is 2.21. The normalized spacial score (nSPS) is 10.7. The first-order valence-electron chi connectivity index (χ1n) is 6.08. The number of aromatic nitrogens is 2. The van der Waals surface area contributed by atoms with Gasteiger partial charge in [0.05, 0.1) is 22.1 Å². The molecular weight excluding hydrogens is 282 g/mol. The summed E-state index contributed by atoms with van der Waals surface area (Å²) < 4.78 is 0.745. The average Bonchev–Trinajstić information content (AvgIpc) is 2.92. The second-order valence-electron chi connectivity index (χ2n) is 4.33. The molecule has 1 amide bonds. The Balaban J connectivity index is 2.20. The molecule has 0 aromatic carbocycles. The number of hydrogen-bond donors (Lipinski definition) is 1. The first kappa shape index (κ1) is 14.1. The number of rotatable bonds is 4. The van der Waals surface area contributed by atoms with Gasteiger partial charge in [0, 0.05) is 17.1 Å². The zero-order valence-electron chi connectivity index (χ0n) is 11.2. The van der Waals surface area contributed by atoms with E-state index in [0.717, 1.165) is 20.6 Å². The molecule has 2 aromatic rings. The second-order valence-corrected chi connectivity index (χ2v) is 6.13. The number of hydrogen-bond acceptors (Lipinski definition) is 3. The predicted octanol–water partition coefficient (Wildman–Crippen LogP) is 3.40. The van der Waals surface area contributed by atoms with Gasteiger partial charge in [-0.15, -0.1) is 11.3 Å². The van der Waals surface area contributed by atoms with Crippen LogP contribution < -0.4 is 0 Å². The minimum atomic E-state index is 0.00997. The number of thiophene rings is 1. The number of aromatic amines is 1. The van der Waals surface area contributed by atoms with Crippen molar-refractivity contribution < 1.29 is 4.79 Å². The van der Waals surface area contributed by atoms with Gasteiger partial charge in [-0.05, 0) is 32.9 Å². The minimum Gasteiger partial charge on any atom is -0.334 e. The first-order valence-corrected chi connectivity index (χ1v) is 7.27. The number of H-pyrrole nitrogens is 1. The standard InChI is InChI=1S/C13H16ClN3OS/c1-4-17(7-10-5-6-11(14)19-10)13(18)12-8(2)15-16-9(12)3/h5-6H,4,7H2,1-3H3,(H,15,16). The lowest BCUT2D eigenvalue weighted by Crippen LogP contribution is -2.30. The number of halogens is 1. The highest BCUT2D eigenvalue weighted by molar-refractivity contribution is 7.16. The van der Waals surface area contributed by atoms with Crippen molar-refractivity contribution in [2.45, 2.75) is 27.3 Å². The molecule has 0 bridgehead atoms. The van der Waals surface area contributed by atoms with Crippen molar-refractivity contribution in [1.29, 1.82) is 0 Å². The maximum absolute atomic E-state index is 12.5. The number of carbonyl (C=O) groups excluding carboxylic acids is 1. The number of aryl methyl sites for hydroxylation is 2. The van der Waals surface area contributed by atoms with E-state index >= 15 is 0 Å². The summed E-state index contributed by atoms with van der Waals surface area (Å²) in [5, 5.41) is 6.92. The van der Waals surface area contributed by atoms with Crippen LogP contribution in [0.2, 0.25) is 4.34 Å². The molecule has 0 spiro atoms. The van der Waals surface area contributed by atoms with Gasteiger partial charge >= 0.3 is 0 Å². The monoisotopic (exact) mass is 297 g/mol. The summed E-state index contributed by atoms with van der Waals surface area (Å²) in [6.07, 6.45) is 0. The summed E-state index contributed by atoms with van der Waals surface area (Å²) in [5.41, 5.74) is 2.22. The predicted molar refractivity (Wildman–Crippen MR) is 77.8 cm³/mol. The van der Waals surface area contributed by atoms with E-state index in [2.05, 4.69) is 10.2 Å². The zero-order chi connectivity index (χ0) is 14.0. The number of amides is 1. The number of carbonyl (C=O) groups is 1. The lowest BCUT2D eigenvalue weighted by atomic mass is 10.1. The molecule has 0 aliphatic heterocycles. The van der Waals surface area contributed by atoms with Crippen LogP contribution in [0.1, 0.15) is 33.5 Å². The maximum Gasteiger partial charge on any atom is 0.257 e. The molecule has 0 atom stereocenters. The molecular formula is C13H16ClN3OS. The molecule has 2 aromatic heterocycles. The van der Waals surface area contributed by atoms with Crippen LogP contribution in [0.5, 0.6) is 0 Å². The largest absolute Gasteiger partial charge is 0.334 e. The molecule has 0 saturated heterocycles. The molecule has 0 saturated carbocycles. The fraction of sp³-hybridized carbons (Fsp3) is 0.385. The van der Waals surface area contributed by atoms with E-state index in [-0.39, 0.29) is 5.91 Å². The molecule has 0 radical (unpaired) electrons. The molecule has 1 N–H and O–H groups in total. The summed E-state index contributed by atoms with van der Waals surface area (Å²) >= 11 is 7.42. The van der Waals surface area contributed by atoms with Gasteiger partial charge in [-0.2, -0.15) is 5.10 Å². The summed E-state index contributed by atoms with van der Waals surface area (Å²) in [5.74, 6) is 0.00997. The third-order valence-corrected chi connectivity index (χ3v) is 4.20. The molecule has 4 nitrogen and oxygen atoms in total. The number of nitrogens with one attached hydrogen (secondary N) is 1. The Kier molecular flexibility index (Phi) is 4.27. The Hall–Kier alpha value is -1.33. The van der Waals surface area contributed by atoms with Crippen molar-refractivity contribution in [3.8, 4) is 0 Å². The van der Waals surface area contributed by atoms with E-state index in [1.54, 1.807) is 4.90 Å². The van der Waals surface area contributed by atoms with Crippen LogP contribution in [-0.2, 0) is 6.54 Å². The van der Waals surface area contributed by atoms with Crippen LogP contribution in [-0.4, -0.2) is 27.5 Å². The van der Waals surface area contributed by atoms with Crippen LogP contribution >= 0.6 is 22.9 Å². The van der Waals surface area contributed by atoms with Gasteiger partial charge in [0.1, 0.15) is 0 Å². The highest BCUT2D eigenvalue weighted by Crippen LogP contribution is 2.23. The molecule has 0 aliphatic rings. The Morgan fingerprint density at radius 3 is 2.68 bits per heavy atom. The zero-order valence-corrected chi connectivity index (χ0v) is 12.7. The molecule has 2 heterocycles. The topological polar surface area (TPSA) is 49.0 Å². The van der Waals surface area contributed by atoms with Gasteiger partial charge in [-0.1, -0.05) is 11.6 Å². The molecule has 19 heavy (non-hydrogen) atoms. The minimum absolute atomic E-state index is 0.00997. The molecule has 0 aliphatic carbocycles. The van der Waals surface area contributed by atoms with E-state index in [4.69, 9.17) is 11.6 Å². The van der Waals surface area contributed by atoms with Crippen molar-refractivity contribution >= 4 is 28.8 Å². The van der Waals surface area contributed by atoms with Crippen molar-refractivity contribution in [1.82, 2.24) is 15.1 Å². The molecule has 0 unspecified atom stereocenters. The Morgan fingerprint density at radius 1 is 1.47 bits per heavy atom. The third kappa shape index (κ3) is 2.98. The van der Waals surface area contributed by atoms with Gasteiger partial charge in [0.25, 0.3) is 5.91 Å². The average molecular weight is 298 g/mol. The lowest BCUT2D eigenvalue weighted by Gasteiger charge is -2.20. The summed E-state index contributed by atoms with van der Waals surface area (Å²) in [6, 6.07) is 3.81. The van der Waals surface area contributed by atoms with E-state index in [1.807, 2.05) is 32.9 Å². The SMILES string of the molecule is CCN(Cc1ccc(Cl)s1)C(=O)c1c(C)n[nH]c1C. The molecule has 102 valence electrons. The van der Waals surface area contributed by atoms with Gasteiger partial charge in [0.15, 0.2) is 0 Å². The number of nitrogens with zero attached hydrogens (tertiary/aromatic N) is 2.